The van der Waals surface area contributed by atoms with Crippen LogP contribution < -0.4 is 0 Å². The van der Waals surface area contributed by atoms with E-state index in [2.05, 4.69) is 9.64 Å². The third-order valence-electron chi connectivity index (χ3n) is 3.50. The van der Waals surface area contributed by atoms with E-state index in [1.807, 2.05) is 0 Å². The van der Waals surface area contributed by atoms with Crippen LogP contribution in [0.5, 0.6) is 0 Å². The molecule has 1 atom stereocenters. The van der Waals surface area contributed by atoms with Crippen molar-refractivity contribution in [3.05, 3.63) is 0 Å². The zero-order valence-corrected chi connectivity index (χ0v) is 9.98. The van der Waals surface area contributed by atoms with Crippen LogP contribution >= 0.6 is 0 Å². The summed E-state index contributed by atoms with van der Waals surface area (Å²) in [5.41, 5.74) is 0. The lowest BCUT2D eigenvalue weighted by molar-refractivity contribution is -0.140. The number of hydrogen-bond acceptors (Lipinski definition) is 4. The highest BCUT2D eigenvalue weighted by Gasteiger charge is 2.36. The zero-order chi connectivity index (χ0) is 11.4. The van der Waals surface area contributed by atoms with E-state index >= 15 is 0 Å². The topological polar surface area (TPSA) is 38.8 Å². The van der Waals surface area contributed by atoms with Crippen molar-refractivity contribution in [1.82, 2.24) is 4.90 Å². The predicted octanol–water partition coefficient (Wildman–Crippen LogP) is 1.05. The van der Waals surface area contributed by atoms with Gasteiger partial charge in [-0.3, -0.25) is 9.69 Å². The summed E-state index contributed by atoms with van der Waals surface area (Å²) in [4.78, 5) is 13.5. The van der Waals surface area contributed by atoms with Gasteiger partial charge in [0.1, 0.15) is 0 Å². The molecule has 2 rings (SSSR count). The lowest BCUT2D eigenvalue weighted by atomic mass is 10.1. The van der Waals surface area contributed by atoms with Gasteiger partial charge in [-0.1, -0.05) is 0 Å². The van der Waals surface area contributed by atoms with Crippen LogP contribution in [0.25, 0.3) is 0 Å². The van der Waals surface area contributed by atoms with Gasteiger partial charge in [0.05, 0.1) is 20.3 Å². The lowest BCUT2D eigenvalue weighted by Gasteiger charge is -2.35. The van der Waals surface area contributed by atoms with Crippen molar-refractivity contribution in [2.45, 2.75) is 31.7 Å². The second-order valence-electron chi connectivity index (χ2n) is 4.70. The second-order valence-corrected chi connectivity index (χ2v) is 4.70. The minimum atomic E-state index is -0.101. The van der Waals surface area contributed by atoms with E-state index < -0.39 is 0 Å². The molecule has 92 valence electrons. The summed E-state index contributed by atoms with van der Waals surface area (Å²) in [7, 11) is 1.45. The van der Waals surface area contributed by atoms with Crippen molar-refractivity contribution in [2.75, 3.05) is 33.4 Å². The Kier molecular flexibility index (Phi) is 4.18. The quantitative estimate of drug-likeness (QED) is 0.658. The first kappa shape index (κ1) is 11.9. The van der Waals surface area contributed by atoms with Gasteiger partial charge >= 0.3 is 5.97 Å². The molecule has 0 N–H and O–H groups in total. The molecule has 0 bridgehead atoms. The Morgan fingerprint density at radius 3 is 3.00 bits per heavy atom. The third kappa shape index (κ3) is 3.19. The molecule has 2 fully saturated rings. The molecular formula is C12H21NO3. The Balaban J connectivity index is 1.71. The Bertz CT molecular complexity index is 240. The van der Waals surface area contributed by atoms with Crippen molar-refractivity contribution < 1.29 is 14.3 Å². The van der Waals surface area contributed by atoms with Gasteiger partial charge in [-0.25, -0.2) is 0 Å². The Hall–Kier alpha value is -0.610. The smallest absolute Gasteiger partial charge is 0.305 e. The number of nitrogens with zero attached hydrogens (tertiary/aromatic N) is 1. The highest BCUT2D eigenvalue weighted by Crippen LogP contribution is 2.36. The van der Waals surface area contributed by atoms with Gasteiger partial charge in [-0.15, -0.1) is 0 Å². The van der Waals surface area contributed by atoms with Crippen molar-refractivity contribution in [3.63, 3.8) is 0 Å². The Morgan fingerprint density at radius 2 is 2.31 bits per heavy atom. The number of carbonyl (C=O) groups excluding carboxylic acids is 1. The van der Waals surface area contributed by atoms with Crippen molar-refractivity contribution in [3.8, 4) is 0 Å². The molecule has 0 aromatic rings. The minimum absolute atomic E-state index is 0.101. The average molecular weight is 227 g/mol. The van der Waals surface area contributed by atoms with Gasteiger partial charge in [0.25, 0.3) is 0 Å². The summed E-state index contributed by atoms with van der Waals surface area (Å²) in [5, 5.41) is 0. The molecular weight excluding hydrogens is 206 g/mol. The first-order valence-electron chi connectivity index (χ1n) is 6.20. The summed E-state index contributed by atoms with van der Waals surface area (Å²) in [6.07, 6.45) is 4.13. The summed E-state index contributed by atoms with van der Waals surface area (Å²) >= 11 is 0. The molecule has 1 unspecified atom stereocenters. The van der Waals surface area contributed by atoms with E-state index in [-0.39, 0.29) is 5.97 Å². The molecule has 1 saturated carbocycles. The monoisotopic (exact) mass is 227 g/mol. The fourth-order valence-electron chi connectivity index (χ4n) is 2.38. The molecule has 0 spiro atoms. The molecule has 4 heteroatoms. The maximum Gasteiger partial charge on any atom is 0.305 e. The van der Waals surface area contributed by atoms with E-state index in [4.69, 9.17) is 4.74 Å². The highest BCUT2D eigenvalue weighted by molar-refractivity contribution is 5.69. The molecule has 1 aliphatic heterocycles. The third-order valence-corrected chi connectivity index (χ3v) is 3.50. The van der Waals surface area contributed by atoms with Crippen LogP contribution in [0.3, 0.4) is 0 Å². The van der Waals surface area contributed by atoms with E-state index in [1.54, 1.807) is 0 Å². The van der Waals surface area contributed by atoms with Gasteiger partial charge in [-0.2, -0.15) is 0 Å². The minimum Gasteiger partial charge on any atom is -0.469 e. The number of morpholine rings is 1. The molecule has 0 radical (unpaired) electrons. The van der Waals surface area contributed by atoms with E-state index in [0.717, 1.165) is 38.6 Å². The van der Waals surface area contributed by atoms with Gasteiger partial charge in [0, 0.05) is 19.0 Å². The molecule has 1 saturated heterocycles. The number of ether oxygens (including phenoxy) is 2. The number of hydrogen-bond donors (Lipinski definition) is 0. The van der Waals surface area contributed by atoms with Crippen LogP contribution in [0.2, 0.25) is 0 Å². The van der Waals surface area contributed by atoms with Gasteiger partial charge in [0.15, 0.2) is 0 Å². The summed E-state index contributed by atoms with van der Waals surface area (Å²) in [5.74, 6) is 0.745. The normalized spacial score (nSPS) is 26.7. The summed E-state index contributed by atoms with van der Waals surface area (Å²) in [6, 6.07) is 0.603. The molecule has 2 aliphatic rings. The first-order valence-corrected chi connectivity index (χ1v) is 6.20. The van der Waals surface area contributed by atoms with Crippen LogP contribution in [-0.2, 0) is 14.3 Å². The SMILES string of the molecule is COC(=O)CCCN1CCOCC1C1CC1. The molecule has 0 aromatic heterocycles. The number of methoxy groups -OCH3 is 1. The molecule has 16 heavy (non-hydrogen) atoms. The zero-order valence-electron chi connectivity index (χ0n) is 9.98. The maximum absolute atomic E-state index is 11.0. The van der Waals surface area contributed by atoms with Crippen LogP contribution in [0.15, 0.2) is 0 Å². The van der Waals surface area contributed by atoms with Gasteiger partial charge in [0.2, 0.25) is 0 Å². The lowest BCUT2D eigenvalue weighted by Crippen LogP contribution is -2.47. The Morgan fingerprint density at radius 1 is 1.50 bits per heavy atom. The Labute approximate surface area is 96.9 Å². The molecule has 0 aromatic carbocycles. The fraction of sp³-hybridized carbons (Fsp3) is 0.917. The van der Waals surface area contributed by atoms with Crippen molar-refractivity contribution in [2.24, 2.45) is 5.92 Å². The van der Waals surface area contributed by atoms with Crippen molar-refractivity contribution in [1.29, 1.82) is 0 Å². The number of carbonyl (C=O) groups is 1. The van der Waals surface area contributed by atoms with Crippen LogP contribution in [0.1, 0.15) is 25.7 Å². The van der Waals surface area contributed by atoms with Gasteiger partial charge < -0.3 is 9.47 Å². The molecule has 1 aliphatic carbocycles. The summed E-state index contributed by atoms with van der Waals surface area (Å²) < 4.78 is 10.2. The van der Waals surface area contributed by atoms with Crippen LogP contribution in [0, 0.1) is 5.92 Å². The molecule has 0 amide bonds. The predicted molar refractivity (Wildman–Crippen MR) is 60.2 cm³/mol. The first-order chi connectivity index (χ1) is 7.81. The van der Waals surface area contributed by atoms with Crippen LogP contribution in [0.4, 0.5) is 0 Å². The maximum atomic E-state index is 11.0. The fourth-order valence-corrected chi connectivity index (χ4v) is 2.38. The number of rotatable bonds is 5. The average Bonchev–Trinajstić information content (AvgIpc) is 3.13. The second kappa shape index (κ2) is 5.64. The number of esters is 1. The van der Waals surface area contributed by atoms with Crippen molar-refractivity contribution >= 4 is 5.97 Å². The van der Waals surface area contributed by atoms with E-state index in [9.17, 15) is 4.79 Å². The van der Waals surface area contributed by atoms with E-state index in [1.165, 1.54) is 20.0 Å². The van der Waals surface area contributed by atoms with Crippen LogP contribution in [-0.4, -0.2) is 50.3 Å². The molecule has 4 nitrogen and oxygen atoms in total. The molecule has 1 heterocycles. The standard InChI is InChI=1S/C12H21NO3/c1-15-12(14)3-2-6-13-7-8-16-9-11(13)10-4-5-10/h10-11H,2-9H2,1H3. The van der Waals surface area contributed by atoms with Gasteiger partial charge in [-0.05, 0) is 31.7 Å². The van der Waals surface area contributed by atoms with E-state index in [0.29, 0.717) is 12.5 Å². The largest absolute Gasteiger partial charge is 0.469 e. The summed E-state index contributed by atoms with van der Waals surface area (Å²) in [6.45, 7) is 3.73. The highest BCUT2D eigenvalue weighted by atomic mass is 16.5.